The maximum Gasteiger partial charge on any atom is 0.0291 e. The van der Waals surface area contributed by atoms with Gasteiger partial charge >= 0.3 is 0 Å². The molecular formula is C5H12OS. The topological polar surface area (TPSA) is 17.1 Å². The Labute approximate surface area is 47.6 Å². The van der Waals surface area contributed by atoms with Gasteiger partial charge in [-0.15, -0.1) is 0 Å². The van der Waals surface area contributed by atoms with E-state index in [4.69, 9.17) is 0 Å². The van der Waals surface area contributed by atoms with Crippen LogP contribution in [0.4, 0.5) is 0 Å². The molecule has 1 atom stereocenters. The normalized spacial score (nSPS) is 14.9. The van der Waals surface area contributed by atoms with Crippen molar-refractivity contribution in [2.45, 2.75) is 26.0 Å². The van der Waals surface area contributed by atoms with Crippen LogP contribution in [0.5, 0.6) is 0 Å². The molecular weight excluding hydrogens is 108 g/mol. The molecule has 0 heterocycles. The van der Waals surface area contributed by atoms with Gasteiger partial charge in [0.25, 0.3) is 0 Å². The smallest absolute Gasteiger partial charge is 0.0291 e. The summed E-state index contributed by atoms with van der Waals surface area (Å²) in [5.74, 6) is 0.789. The second-order valence-corrected chi connectivity index (χ2v) is 4.00. The molecule has 0 aliphatic heterocycles. The Bertz CT molecular complexity index is 68.5. The van der Waals surface area contributed by atoms with Crippen molar-refractivity contribution >= 4 is 10.8 Å². The molecule has 0 saturated heterocycles. The minimum Gasteiger partial charge on any atom is -0.259 e. The van der Waals surface area contributed by atoms with Gasteiger partial charge in [-0.3, -0.25) is 4.21 Å². The second kappa shape index (κ2) is 3.19. The first-order valence-electron chi connectivity index (χ1n) is 2.55. The molecule has 0 rings (SSSR count). The molecule has 0 unspecified atom stereocenters. The minimum absolute atomic E-state index is 0.338. The molecule has 2 heteroatoms. The highest BCUT2D eigenvalue weighted by atomic mass is 32.2. The molecule has 0 aromatic rings. The first-order valence-corrected chi connectivity index (χ1v) is 3.93. The van der Waals surface area contributed by atoms with Crippen molar-refractivity contribution in [1.82, 2.24) is 0 Å². The van der Waals surface area contributed by atoms with E-state index in [-0.39, 0.29) is 0 Å². The van der Waals surface area contributed by atoms with Crippen LogP contribution >= 0.6 is 0 Å². The molecule has 0 aromatic heterocycles. The Morgan fingerprint density at radius 1 is 1.57 bits per heavy atom. The van der Waals surface area contributed by atoms with Crippen molar-refractivity contribution in [3.05, 3.63) is 0 Å². The first-order chi connectivity index (χ1) is 3.18. The predicted molar refractivity (Wildman–Crippen MR) is 33.8 cm³/mol. The van der Waals surface area contributed by atoms with Crippen LogP contribution in [-0.4, -0.2) is 15.2 Å². The third kappa shape index (κ3) is 2.80. The molecule has 0 aliphatic carbocycles. The lowest BCUT2D eigenvalue weighted by molar-refractivity contribution is 0.677. The lowest BCUT2D eigenvalue weighted by Crippen LogP contribution is -2.06. The zero-order chi connectivity index (χ0) is 5.86. The number of hydrogen-bond donors (Lipinski definition) is 0. The molecule has 0 aliphatic rings. The third-order valence-electron chi connectivity index (χ3n) is 0.810. The molecule has 0 N–H and O–H groups in total. The van der Waals surface area contributed by atoms with E-state index >= 15 is 0 Å². The fourth-order valence-electron chi connectivity index (χ4n) is 0.333. The molecule has 1 nitrogen and oxygen atoms in total. The van der Waals surface area contributed by atoms with E-state index in [0.29, 0.717) is 5.25 Å². The van der Waals surface area contributed by atoms with Crippen molar-refractivity contribution in [1.29, 1.82) is 0 Å². The molecule has 0 radical (unpaired) electrons. The van der Waals surface area contributed by atoms with Gasteiger partial charge in [-0.1, -0.05) is 20.8 Å². The summed E-state index contributed by atoms with van der Waals surface area (Å²) >= 11 is 0. The van der Waals surface area contributed by atoms with Gasteiger partial charge in [0, 0.05) is 21.8 Å². The average Bonchev–Trinajstić information content (AvgIpc) is 1.65. The van der Waals surface area contributed by atoms with Crippen molar-refractivity contribution < 1.29 is 4.21 Å². The van der Waals surface area contributed by atoms with E-state index in [2.05, 4.69) is 0 Å². The van der Waals surface area contributed by atoms with Gasteiger partial charge in [-0.2, -0.15) is 0 Å². The van der Waals surface area contributed by atoms with E-state index in [1.165, 1.54) is 0 Å². The zero-order valence-electron chi connectivity index (χ0n) is 5.10. The summed E-state index contributed by atoms with van der Waals surface area (Å²) in [7, 11) is -0.579. The van der Waals surface area contributed by atoms with Gasteiger partial charge in [-0.25, -0.2) is 0 Å². The molecule has 0 spiro atoms. The fraction of sp³-hybridized carbons (Fsp3) is 1.00. The summed E-state index contributed by atoms with van der Waals surface area (Å²) in [4.78, 5) is 0. The maximum atomic E-state index is 10.6. The Morgan fingerprint density at radius 3 is 2.00 bits per heavy atom. The number of hydrogen-bond acceptors (Lipinski definition) is 1. The largest absolute Gasteiger partial charge is 0.259 e. The minimum atomic E-state index is -0.579. The Balaban J connectivity index is 3.35. The fourth-order valence-corrected chi connectivity index (χ4v) is 1.00. The van der Waals surface area contributed by atoms with E-state index in [1.54, 1.807) is 0 Å². The predicted octanol–water partition coefficient (Wildman–Crippen LogP) is 1.16. The Hall–Kier alpha value is 0.150. The van der Waals surface area contributed by atoms with Crippen LogP contribution in [0.3, 0.4) is 0 Å². The van der Waals surface area contributed by atoms with Gasteiger partial charge in [-0.05, 0) is 0 Å². The Morgan fingerprint density at radius 2 is 2.00 bits per heavy atom. The van der Waals surface area contributed by atoms with Gasteiger partial charge in [0.15, 0.2) is 0 Å². The molecule has 0 saturated carbocycles. The highest BCUT2D eigenvalue weighted by Gasteiger charge is 1.98. The SMILES string of the molecule is CC[S@@](=O)C(C)C. The lowest BCUT2D eigenvalue weighted by Gasteiger charge is -1.98. The van der Waals surface area contributed by atoms with E-state index in [0.717, 1.165) is 5.75 Å². The molecule has 44 valence electrons. The van der Waals surface area contributed by atoms with Crippen molar-refractivity contribution in [3.8, 4) is 0 Å². The van der Waals surface area contributed by atoms with Gasteiger partial charge in [0.05, 0.1) is 0 Å². The number of rotatable bonds is 2. The van der Waals surface area contributed by atoms with E-state index < -0.39 is 10.8 Å². The van der Waals surface area contributed by atoms with E-state index in [1.807, 2.05) is 20.8 Å². The first kappa shape index (κ1) is 7.15. The van der Waals surface area contributed by atoms with E-state index in [9.17, 15) is 4.21 Å². The molecule has 7 heavy (non-hydrogen) atoms. The molecule has 0 aromatic carbocycles. The third-order valence-corrected chi connectivity index (χ3v) is 2.43. The van der Waals surface area contributed by atoms with Crippen LogP contribution in [0.15, 0.2) is 0 Å². The molecule has 0 bridgehead atoms. The van der Waals surface area contributed by atoms with Crippen LogP contribution in [-0.2, 0) is 10.8 Å². The lowest BCUT2D eigenvalue weighted by atomic mass is 10.6. The van der Waals surface area contributed by atoms with Gasteiger partial charge in [0.1, 0.15) is 0 Å². The average molecular weight is 120 g/mol. The molecule has 0 amide bonds. The van der Waals surface area contributed by atoms with Crippen LogP contribution < -0.4 is 0 Å². The summed E-state index contributed by atoms with van der Waals surface area (Å²) in [5.41, 5.74) is 0. The van der Waals surface area contributed by atoms with Crippen molar-refractivity contribution in [2.24, 2.45) is 0 Å². The summed E-state index contributed by atoms with van der Waals surface area (Å²) in [6.07, 6.45) is 0. The van der Waals surface area contributed by atoms with Crippen LogP contribution in [0.1, 0.15) is 20.8 Å². The standard InChI is InChI=1S/C5H12OS/c1-4-7(6)5(2)3/h5H,4H2,1-3H3/t7-/m1/s1. The maximum absolute atomic E-state index is 10.6. The van der Waals surface area contributed by atoms with Crippen LogP contribution in [0.25, 0.3) is 0 Å². The highest BCUT2D eigenvalue weighted by molar-refractivity contribution is 7.85. The summed E-state index contributed by atoms with van der Waals surface area (Å²) in [5, 5.41) is 0.338. The Kier molecular flexibility index (Phi) is 3.26. The van der Waals surface area contributed by atoms with Crippen molar-refractivity contribution in [2.75, 3.05) is 5.75 Å². The summed E-state index contributed by atoms with van der Waals surface area (Å²) in [6, 6.07) is 0. The molecule has 0 fully saturated rings. The zero-order valence-corrected chi connectivity index (χ0v) is 5.92. The quantitative estimate of drug-likeness (QED) is 0.534. The van der Waals surface area contributed by atoms with Crippen LogP contribution in [0.2, 0.25) is 0 Å². The van der Waals surface area contributed by atoms with Crippen LogP contribution in [0, 0.1) is 0 Å². The van der Waals surface area contributed by atoms with Gasteiger partial charge < -0.3 is 0 Å². The van der Waals surface area contributed by atoms with Crippen molar-refractivity contribution in [3.63, 3.8) is 0 Å². The highest BCUT2D eigenvalue weighted by Crippen LogP contribution is 1.91. The summed E-state index contributed by atoms with van der Waals surface area (Å²) < 4.78 is 10.6. The summed E-state index contributed by atoms with van der Waals surface area (Å²) in [6.45, 7) is 5.88. The van der Waals surface area contributed by atoms with Gasteiger partial charge in [0.2, 0.25) is 0 Å². The monoisotopic (exact) mass is 120 g/mol. The second-order valence-electron chi connectivity index (χ2n) is 1.72.